The van der Waals surface area contributed by atoms with Crippen molar-refractivity contribution in [3.05, 3.63) is 106 Å². The highest BCUT2D eigenvalue weighted by molar-refractivity contribution is 8.18. The molecule has 1 saturated heterocycles. The summed E-state index contributed by atoms with van der Waals surface area (Å²) in [5.74, 6) is -2.03. The van der Waals surface area contributed by atoms with Crippen molar-refractivity contribution < 1.29 is 28.2 Å². The molecular weight excluding hydrogens is 538 g/mol. The maximum Gasteiger partial charge on any atom is 0.290 e. The number of ether oxygens (including phenoxy) is 1. The molecule has 40 heavy (non-hydrogen) atoms. The topological polar surface area (TPSA) is 120 Å². The van der Waals surface area contributed by atoms with Crippen LogP contribution in [0.1, 0.15) is 23.7 Å². The lowest BCUT2D eigenvalue weighted by atomic mass is 9.91. The number of fused-ring (bicyclic) bond motifs is 1. The minimum atomic E-state index is -1.49. The van der Waals surface area contributed by atoms with Gasteiger partial charge < -0.3 is 19.8 Å². The van der Waals surface area contributed by atoms with Crippen LogP contribution in [0.15, 0.2) is 78.0 Å². The van der Waals surface area contributed by atoms with E-state index in [-0.39, 0.29) is 16.0 Å². The van der Waals surface area contributed by atoms with Gasteiger partial charge in [0.2, 0.25) is 0 Å². The molecular formula is C29H20F2N4O4S. The van der Waals surface area contributed by atoms with Crippen LogP contribution < -0.4 is 10.1 Å². The number of carbonyl (C=O) groups is 2. The average Bonchev–Trinajstić information content (AvgIpc) is 3.68. The number of imide groups is 1. The van der Waals surface area contributed by atoms with E-state index in [0.29, 0.717) is 33.7 Å². The predicted molar refractivity (Wildman–Crippen MR) is 147 cm³/mol. The van der Waals surface area contributed by atoms with Crippen LogP contribution in [0.2, 0.25) is 0 Å². The number of aromatic nitrogens is 3. The summed E-state index contributed by atoms with van der Waals surface area (Å²) in [7, 11) is 0. The maximum atomic E-state index is 14.9. The van der Waals surface area contributed by atoms with Crippen LogP contribution in [0, 0.1) is 11.6 Å². The number of hydrogen-bond acceptors (Lipinski definition) is 6. The van der Waals surface area contributed by atoms with Crippen molar-refractivity contribution in [2.75, 3.05) is 0 Å². The third-order valence-electron chi connectivity index (χ3n) is 6.52. The van der Waals surface area contributed by atoms with Gasteiger partial charge in [0, 0.05) is 23.2 Å². The van der Waals surface area contributed by atoms with Gasteiger partial charge in [0.05, 0.1) is 22.3 Å². The zero-order chi connectivity index (χ0) is 28.0. The molecule has 8 nitrogen and oxygen atoms in total. The minimum absolute atomic E-state index is 0.197. The maximum absolute atomic E-state index is 14.9. The lowest BCUT2D eigenvalue weighted by molar-refractivity contribution is -0.115. The van der Waals surface area contributed by atoms with Crippen molar-refractivity contribution in [3.8, 4) is 22.9 Å². The van der Waals surface area contributed by atoms with Crippen molar-refractivity contribution in [1.29, 1.82) is 0 Å². The van der Waals surface area contributed by atoms with Crippen molar-refractivity contribution in [2.24, 2.45) is 0 Å². The van der Waals surface area contributed by atoms with Gasteiger partial charge in [-0.3, -0.25) is 14.9 Å². The average molecular weight is 559 g/mol. The number of amides is 2. The van der Waals surface area contributed by atoms with E-state index in [1.807, 2.05) is 0 Å². The summed E-state index contributed by atoms with van der Waals surface area (Å²) in [5.41, 5.74) is 0.938. The van der Waals surface area contributed by atoms with Crippen LogP contribution in [0.3, 0.4) is 0 Å². The van der Waals surface area contributed by atoms with E-state index in [1.165, 1.54) is 24.5 Å². The van der Waals surface area contributed by atoms with Gasteiger partial charge in [-0.25, -0.2) is 13.8 Å². The molecule has 0 radical (unpaired) electrons. The van der Waals surface area contributed by atoms with Gasteiger partial charge >= 0.3 is 0 Å². The summed E-state index contributed by atoms with van der Waals surface area (Å²) in [6.07, 6.45) is 4.59. The molecule has 3 heterocycles. The molecule has 4 N–H and O–H groups in total. The molecule has 0 bridgehead atoms. The summed E-state index contributed by atoms with van der Waals surface area (Å²) < 4.78 is 35.0. The predicted octanol–water partition coefficient (Wildman–Crippen LogP) is 6.21. The second-order valence-electron chi connectivity index (χ2n) is 9.27. The molecule has 200 valence electrons. The molecule has 1 aliphatic rings. The Hall–Kier alpha value is -4.74. The Kier molecular flexibility index (Phi) is 6.24. The van der Waals surface area contributed by atoms with Crippen molar-refractivity contribution in [2.45, 2.75) is 12.5 Å². The smallest absolute Gasteiger partial charge is 0.290 e. The summed E-state index contributed by atoms with van der Waals surface area (Å²) >= 11 is 0.813. The summed E-state index contributed by atoms with van der Waals surface area (Å²) in [6.45, 7) is 1.60. The normalized spacial score (nSPS) is 15.9. The second-order valence-corrected chi connectivity index (χ2v) is 10.3. The van der Waals surface area contributed by atoms with Crippen LogP contribution in [-0.4, -0.2) is 31.2 Å². The highest BCUT2D eigenvalue weighted by atomic mass is 32.2. The van der Waals surface area contributed by atoms with Gasteiger partial charge in [0.1, 0.15) is 17.2 Å². The summed E-state index contributed by atoms with van der Waals surface area (Å²) in [6, 6.07) is 16.2. The highest BCUT2D eigenvalue weighted by Crippen LogP contribution is 2.35. The SMILES string of the molecule is CC(O)(c1cccc(C=C2SC(=O)NC2=O)c1)c1cnc(-c2cccc(Oc3c(F)cc4[nH]ccc4c3F)c2)[nH]1. The first kappa shape index (κ1) is 25.5. The third-order valence-corrected chi connectivity index (χ3v) is 7.33. The first-order valence-corrected chi connectivity index (χ1v) is 12.9. The Bertz CT molecular complexity index is 1840. The number of imidazole rings is 1. The molecule has 6 rings (SSSR count). The Labute approximate surface area is 230 Å². The van der Waals surface area contributed by atoms with Gasteiger partial charge in [-0.05, 0) is 60.2 Å². The number of rotatable bonds is 6. The Morgan fingerprint density at radius 2 is 1.90 bits per heavy atom. The Morgan fingerprint density at radius 1 is 1.07 bits per heavy atom. The zero-order valence-electron chi connectivity index (χ0n) is 20.8. The molecule has 2 aromatic heterocycles. The number of H-pyrrole nitrogens is 2. The van der Waals surface area contributed by atoms with Crippen LogP contribution in [0.25, 0.3) is 28.4 Å². The largest absolute Gasteiger partial charge is 0.451 e. The highest BCUT2D eigenvalue weighted by Gasteiger charge is 2.29. The molecule has 2 amide bonds. The molecule has 0 saturated carbocycles. The number of halogens is 2. The number of aromatic amines is 2. The molecule has 1 aliphatic heterocycles. The molecule has 3 aromatic carbocycles. The number of aliphatic hydroxyl groups is 1. The van der Waals surface area contributed by atoms with E-state index in [9.17, 15) is 23.5 Å². The number of hydrogen-bond donors (Lipinski definition) is 4. The summed E-state index contributed by atoms with van der Waals surface area (Å²) in [4.78, 5) is 33.9. The van der Waals surface area contributed by atoms with Crippen LogP contribution in [0.5, 0.6) is 11.5 Å². The number of benzene rings is 3. The van der Waals surface area contributed by atoms with Gasteiger partial charge in [0.15, 0.2) is 17.4 Å². The Balaban J connectivity index is 1.26. The van der Waals surface area contributed by atoms with Gasteiger partial charge in [0.25, 0.3) is 11.1 Å². The van der Waals surface area contributed by atoms with Crippen LogP contribution in [-0.2, 0) is 10.4 Å². The number of carbonyl (C=O) groups excluding carboxylic acids is 2. The van der Waals surface area contributed by atoms with Gasteiger partial charge in [-0.1, -0.05) is 30.3 Å². The van der Waals surface area contributed by atoms with Crippen molar-refractivity contribution in [1.82, 2.24) is 20.3 Å². The molecule has 5 aromatic rings. The second kappa shape index (κ2) is 9.78. The minimum Gasteiger partial charge on any atom is -0.451 e. The first-order valence-electron chi connectivity index (χ1n) is 12.1. The van der Waals surface area contributed by atoms with Crippen LogP contribution in [0.4, 0.5) is 13.6 Å². The van der Waals surface area contributed by atoms with E-state index in [4.69, 9.17) is 4.74 Å². The standard InChI is InChI=1S/C29H20F2N4O4S/c1-29(38,17-6-2-4-15(10-17)11-22-27(36)35-28(37)40-22)23-14-33-26(34-23)16-5-3-7-18(12-16)39-25-20(30)13-21-19(24(25)31)8-9-32-21/h2-14,32,38H,1H3,(H,33,34)(H,35,36,37). The van der Waals surface area contributed by atoms with Crippen molar-refractivity contribution >= 4 is 39.9 Å². The molecule has 0 spiro atoms. The first-order chi connectivity index (χ1) is 19.2. The molecule has 1 atom stereocenters. The fourth-order valence-corrected chi connectivity index (χ4v) is 5.09. The van der Waals surface area contributed by atoms with Crippen molar-refractivity contribution in [3.63, 3.8) is 0 Å². The number of nitrogens with zero attached hydrogens (tertiary/aromatic N) is 1. The number of thioether (sulfide) groups is 1. The van der Waals surface area contributed by atoms with E-state index < -0.39 is 34.1 Å². The third kappa shape index (κ3) is 4.65. The fraction of sp³-hybridized carbons (Fsp3) is 0.0690. The molecule has 11 heteroatoms. The zero-order valence-corrected chi connectivity index (χ0v) is 21.6. The summed E-state index contributed by atoms with van der Waals surface area (Å²) in [5, 5.41) is 13.4. The van der Waals surface area contributed by atoms with E-state index >= 15 is 0 Å². The van der Waals surface area contributed by atoms with E-state index in [2.05, 4.69) is 20.3 Å². The van der Waals surface area contributed by atoms with Gasteiger partial charge in [-0.15, -0.1) is 0 Å². The van der Waals surface area contributed by atoms with E-state index in [0.717, 1.165) is 11.8 Å². The molecule has 1 fully saturated rings. The van der Waals surface area contributed by atoms with E-state index in [1.54, 1.807) is 61.5 Å². The lowest BCUT2D eigenvalue weighted by Gasteiger charge is -2.22. The Morgan fingerprint density at radius 3 is 2.70 bits per heavy atom. The molecule has 0 aliphatic carbocycles. The fourth-order valence-electron chi connectivity index (χ4n) is 4.41. The van der Waals surface area contributed by atoms with Crippen LogP contribution >= 0.6 is 11.8 Å². The lowest BCUT2D eigenvalue weighted by Crippen LogP contribution is -2.23. The molecule has 1 unspecified atom stereocenters. The van der Waals surface area contributed by atoms with Gasteiger partial charge in [-0.2, -0.15) is 0 Å². The number of nitrogens with one attached hydrogen (secondary N) is 3. The monoisotopic (exact) mass is 558 g/mol. The quantitative estimate of drug-likeness (QED) is 0.184.